The van der Waals surface area contributed by atoms with Crippen LogP contribution < -0.4 is 10.6 Å². The van der Waals surface area contributed by atoms with Crippen molar-refractivity contribution in [1.82, 2.24) is 20.4 Å². The molecule has 2 amide bonds. The average Bonchev–Trinajstić information content (AvgIpc) is 3.54. The Labute approximate surface area is 228 Å². The van der Waals surface area contributed by atoms with Gasteiger partial charge in [-0.1, -0.05) is 44.9 Å². The fourth-order valence-corrected chi connectivity index (χ4v) is 6.04. The Morgan fingerprint density at radius 2 is 1.95 bits per heavy atom. The second-order valence-electron chi connectivity index (χ2n) is 9.52. The molecule has 2 heterocycles. The van der Waals surface area contributed by atoms with Crippen molar-refractivity contribution in [2.24, 2.45) is 11.8 Å². The van der Waals surface area contributed by atoms with Crippen molar-refractivity contribution in [1.29, 1.82) is 0 Å². The third kappa shape index (κ3) is 6.48. The molecule has 0 unspecified atom stereocenters. The van der Waals surface area contributed by atoms with Crippen LogP contribution in [0.5, 0.6) is 0 Å². The van der Waals surface area contributed by atoms with Crippen LogP contribution in [0.4, 0.5) is 0 Å². The van der Waals surface area contributed by atoms with Crippen LogP contribution in [0.1, 0.15) is 56.3 Å². The Bertz CT molecular complexity index is 1260. The van der Waals surface area contributed by atoms with E-state index < -0.39 is 12.0 Å². The van der Waals surface area contributed by atoms with Crippen LogP contribution in [0.2, 0.25) is 0 Å². The van der Waals surface area contributed by atoms with Gasteiger partial charge in [-0.2, -0.15) is 5.10 Å². The molecule has 0 bridgehead atoms. The number of halogens is 1. The Balaban J connectivity index is 1.50. The second-order valence-corrected chi connectivity index (χ2v) is 12.0. The van der Waals surface area contributed by atoms with E-state index in [0.29, 0.717) is 30.5 Å². The molecule has 0 spiro atoms. The van der Waals surface area contributed by atoms with Gasteiger partial charge in [0.15, 0.2) is 0 Å². The highest BCUT2D eigenvalue weighted by Crippen LogP contribution is 2.33. The van der Waals surface area contributed by atoms with E-state index in [1.54, 1.807) is 10.9 Å². The monoisotopic (exact) mass is 586 g/mol. The fourth-order valence-electron chi connectivity index (χ4n) is 4.65. The van der Waals surface area contributed by atoms with Gasteiger partial charge in [-0.05, 0) is 65.4 Å². The average molecular weight is 588 g/mol. The lowest BCUT2D eigenvalue weighted by Crippen LogP contribution is -2.49. The maximum atomic E-state index is 13.5. The molecular weight excluding hydrogens is 556 g/mol. The van der Waals surface area contributed by atoms with Crippen molar-refractivity contribution >= 4 is 45.1 Å². The first-order valence-corrected chi connectivity index (χ1v) is 14.1. The molecule has 0 radical (unpaired) electrons. The van der Waals surface area contributed by atoms with Gasteiger partial charge in [-0.3, -0.25) is 9.59 Å². The predicted molar refractivity (Wildman–Crippen MR) is 147 cm³/mol. The molecule has 1 saturated carbocycles. The normalized spacial score (nSPS) is 19.1. The number of benzene rings is 1. The lowest BCUT2D eigenvalue weighted by Gasteiger charge is -2.30. The number of nitrogens with zero attached hydrogens (tertiary/aromatic N) is 2. The number of nitrogens with one attached hydrogen (secondary N) is 2. The Morgan fingerprint density at radius 3 is 2.59 bits per heavy atom. The molecule has 1 aromatic carbocycles. The molecule has 0 aliphatic heterocycles. The summed E-state index contributed by atoms with van der Waals surface area (Å²) >= 11 is 4.99. The number of aromatic nitrogens is 2. The van der Waals surface area contributed by atoms with Crippen LogP contribution in [0.25, 0.3) is 16.3 Å². The zero-order valence-electron chi connectivity index (χ0n) is 20.8. The molecule has 1 aliphatic rings. The van der Waals surface area contributed by atoms with Crippen LogP contribution in [0.3, 0.4) is 0 Å². The minimum atomic E-state index is -1.02. The molecule has 0 saturated heterocycles. The number of carboxylic acids is 1. The van der Waals surface area contributed by atoms with Crippen LogP contribution in [0, 0.1) is 11.8 Å². The molecule has 1 fully saturated rings. The Morgan fingerprint density at radius 1 is 1.19 bits per heavy atom. The van der Waals surface area contributed by atoms with Crippen molar-refractivity contribution in [2.45, 2.75) is 58.0 Å². The van der Waals surface area contributed by atoms with E-state index >= 15 is 0 Å². The van der Waals surface area contributed by atoms with Gasteiger partial charge in [0.1, 0.15) is 11.7 Å². The van der Waals surface area contributed by atoms with Gasteiger partial charge in [0, 0.05) is 18.2 Å². The second kappa shape index (κ2) is 12.0. The highest BCUT2D eigenvalue weighted by atomic mass is 79.9. The zero-order valence-corrected chi connectivity index (χ0v) is 23.2. The van der Waals surface area contributed by atoms with Gasteiger partial charge in [0.05, 0.1) is 19.9 Å². The van der Waals surface area contributed by atoms with Gasteiger partial charge in [-0.25, -0.2) is 9.48 Å². The summed E-state index contributed by atoms with van der Waals surface area (Å²) in [6.07, 6.45) is 5.07. The van der Waals surface area contributed by atoms with E-state index in [1.165, 1.54) is 11.3 Å². The van der Waals surface area contributed by atoms with E-state index in [2.05, 4.69) is 26.6 Å². The molecule has 8 nitrogen and oxygen atoms in total. The largest absolute Gasteiger partial charge is 0.480 e. The zero-order chi connectivity index (χ0) is 26.5. The van der Waals surface area contributed by atoms with Crippen molar-refractivity contribution in [3.63, 3.8) is 0 Å². The van der Waals surface area contributed by atoms with Crippen LogP contribution in [0.15, 0.2) is 52.4 Å². The first-order valence-electron chi connectivity index (χ1n) is 12.5. The number of rotatable bonds is 9. The summed E-state index contributed by atoms with van der Waals surface area (Å²) < 4.78 is 2.65. The topological polar surface area (TPSA) is 113 Å². The smallest absolute Gasteiger partial charge is 0.326 e. The van der Waals surface area contributed by atoms with Crippen molar-refractivity contribution in [2.75, 3.05) is 0 Å². The maximum absolute atomic E-state index is 13.5. The molecule has 4 atom stereocenters. The quantitative estimate of drug-likeness (QED) is 0.316. The molecule has 3 N–H and O–H groups in total. The third-order valence-corrected chi connectivity index (χ3v) is 8.57. The minimum absolute atomic E-state index is 0.169. The number of hydrogen-bond donors (Lipinski definition) is 3. The van der Waals surface area contributed by atoms with E-state index in [-0.39, 0.29) is 29.7 Å². The number of carbonyl (C=O) groups excluding carboxylic acids is 2. The first-order chi connectivity index (χ1) is 17.8. The number of hydrogen-bond acceptors (Lipinski definition) is 5. The van der Waals surface area contributed by atoms with E-state index in [0.717, 1.165) is 27.2 Å². The van der Waals surface area contributed by atoms with Crippen molar-refractivity contribution in [3.05, 3.63) is 58.0 Å². The Hall–Kier alpha value is -2.98. The number of thiophene rings is 1. The van der Waals surface area contributed by atoms with Gasteiger partial charge in [0.25, 0.3) is 5.91 Å². The van der Waals surface area contributed by atoms with Gasteiger partial charge in [0.2, 0.25) is 5.91 Å². The lowest BCUT2D eigenvalue weighted by molar-refractivity contribution is -0.144. The number of aliphatic carboxylic acids is 1. The molecular formula is C27H31BrN4O4S. The molecule has 10 heteroatoms. The van der Waals surface area contributed by atoms with Gasteiger partial charge in [-0.15, -0.1) is 11.3 Å². The summed E-state index contributed by atoms with van der Waals surface area (Å²) in [7, 11) is 0. The fraction of sp³-hybridized carbons (Fsp3) is 0.407. The van der Waals surface area contributed by atoms with E-state index in [4.69, 9.17) is 5.10 Å². The number of para-hydroxylation sites is 1. The summed E-state index contributed by atoms with van der Waals surface area (Å²) in [5.74, 6) is -2.03. The third-order valence-electron chi connectivity index (χ3n) is 6.94. The number of carbonyl (C=O) groups is 3. The number of carboxylic acid groups (broad SMARTS) is 1. The highest BCUT2D eigenvalue weighted by Gasteiger charge is 2.33. The maximum Gasteiger partial charge on any atom is 0.326 e. The van der Waals surface area contributed by atoms with Crippen molar-refractivity contribution in [3.8, 4) is 16.3 Å². The Kier molecular flexibility index (Phi) is 8.81. The summed E-state index contributed by atoms with van der Waals surface area (Å²) in [5.41, 5.74) is 1.91. The van der Waals surface area contributed by atoms with E-state index in [1.807, 2.05) is 56.3 Å². The van der Waals surface area contributed by atoms with Gasteiger partial charge >= 0.3 is 5.97 Å². The first kappa shape index (κ1) is 27.1. The SMILES string of the molecule is CC[C@@H](C)[C@@H](NC(=O)[C@@H]1CCC[C@H](NC(=O)c2cn(-c3ccccc3)nc2-c2ccc(Br)s2)C1)C(=O)O. The van der Waals surface area contributed by atoms with Crippen LogP contribution in [-0.4, -0.2) is 44.8 Å². The summed E-state index contributed by atoms with van der Waals surface area (Å²) in [5, 5.41) is 20.1. The summed E-state index contributed by atoms with van der Waals surface area (Å²) in [4.78, 5) is 38.9. The lowest BCUT2D eigenvalue weighted by atomic mass is 9.84. The molecule has 37 heavy (non-hydrogen) atoms. The minimum Gasteiger partial charge on any atom is -0.480 e. The molecule has 2 aromatic heterocycles. The summed E-state index contributed by atoms with van der Waals surface area (Å²) in [6.45, 7) is 3.73. The predicted octanol–water partition coefficient (Wildman–Crippen LogP) is 5.27. The van der Waals surface area contributed by atoms with Gasteiger partial charge < -0.3 is 15.7 Å². The molecule has 4 rings (SSSR count). The van der Waals surface area contributed by atoms with E-state index in [9.17, 15) is 19.5 Å². The van der Waals surface area contributed by atoms with Crippen LogP contribution in [-0.2, 0) is 9.59 Å². The molecule has 3 aromatic rings. The van der Waals surface area contributed by atoms with Crippen molar-refractivity contribution < 1.29 is 19.5 Å². The standard InChI is InChI=1S/C27H31BrN4O4S/c1-3-16(2)23(27(35)36)30-25(33)17-8-7-9-18(14-17)29-26(34)20-15-32(19-10-5-4-6-11-19)31-24(20)21-12-13-22(28)37-21/h4-6,10-13,15-18,23H,3,7-9,14H2,1-2H3,(H,29,34)(H,30,33)(H,35,36)/t16-,17-,18+,23-/m1/s1. The summed E-state index contributed by atoms with van der Waals surface area (Å²) in [6, 6.07) is 12.4. The highest BCUT2D eigenvalue weighted by molar-refractivity contribution is 9.11. The number of amides is 2. The molecule has 196 valence electrons. The molecule has 1 aliphatic carbocycles. The van der Waals surface area contributed by atoms with Crippen LogP contribution >= 0.6 is 27.3 Å².